The van der Waals surface area contributed by atoms with Gasteiger partial charge in [-0.25, -0.2) is 12.7 Å². The molecule has 2 aromatic carbocycles. The molecule has 1 N–H and O–H groups in total. The van der Waals surface area contributed by atoms with Crippen LogP contribution in [0.1, 0.15) is 23.2 Å². The van der Waals surface area contributed by atoms with E-state index in [4.69, 9.17) is 11.6 Å². The Labute approximate surface area is 164 Å². The molecule has 1 saturated heterocycles. The van der Waals surface area contributed by atoms with Gasteiger partial charge in [-0.3, -0.25) is 4.79 Å². The van der Waals surface area contributed by atoms with E-state index in [1.54, 1.807) is 36.4 Å². The first-order chi connectivity index (χ1) is 12.8. The van der Waals surface area contributed by atoms with Crippen molar-refractivity contribution in [1.29, 1.82) is 0 Å². The molecule has 1 aliphatic heterocycles. The van der Waals surface area contributed by atoms with Crippen molar-refractivity contribution in [3.05, 3.63) is 53.1 Å². The second kappa shape index (κ2) is 7.88. The number of carbonyl (C=O) groups is 1. The third kappa shape index (κ3) is 4.26. The Balaban J connectivity index is 2.02. The Morgan fingerprint density at radius 2 is 1.81 bits per heavy atom. The van der Waals surface area contributed by atoms with Crippen LogP contribution in [0.25, 0.3) is 0 Å². The van der Waals surface area contributed by atoms with Crippen molar-refractivity contribution in [3.63, 3.8) is 0 Å². The second-order valence-corrected chi connectivity index (χ2v) is 9.21. The molecule has 144 valence electrons. The summed E-state index contributed by atoms with van der Waals surface area (Å²) in [5, 5.41) is 3.32. The molecule has 8 heteroatoms. The first-order valence-corrected chi connectivity index (χ1v) is 10.5. The minimum Gasteiger partial charge on any atom is -0.371 e. The first kappa shape index (κ1) is 19.7. The van der Waals surface area contributed by atoms with Crippen LogP contribution in [0.3, 0.4) is 0 Å². The van der Waals surface area contributed by atoms with Crippen molar-refractivity contribution in [3.8, 4) is 0 Å². The Morgan fingerprint density at radius 1 is 1.11 bits per heavy atom. The molecule has 0 aliphatic carbocycles. The lowest BCUT2D eigenvalue weighted by molar-refractivity contribution is 0.102. The smallest absolute Gasteiger partial charge is 0.257 e. The molecule has 2 aromatic rings. The number of sulfonamides is 1. The third-order valence-corrected chi connectivity index (χ3v) is 6.57. The van der Waals surface area contributed by atoms with Gasteiger partial charge in [-0.1, -0.05) is 17.7 Å². The summed E-state index contributed by atoms with van der Waals surface area (Å²) in [7, 11) is -0.704. The molecule has 27 heavy (non-hydrogen) atoms. The first-order valence-electron chi connectivity index (χ1n) is 8.67. The van der Waals surface area contributed by atoms with E-state index in [-0.39, 0.29) is 10.8 Å². The summed E-state index contributed by atoms with van der Waals surface area (Å²) in [6, 6.07) is 11.6. The van der Waals surface area contributed by atoms with Crippen LogP contribution in [0.5, 0.6) is 0 Å². The van der Waals surface area contributed by atoms with Crippen LogP contribution in [-0.4, -0.2) is 45.8 Å². The SMILES string of the molecule is CN(C)S(=O)(=O)c1ccc(N2CCCC2)c(C(=O)Nc2cccc(Cl)c2)c1. The van der Waals surface area contributed by atoms with E-state index >= 15 is 0 Å². The molecule has 0 bridgehead atoms. The summed E-state index contributed by atoms with van der Waals surface area (Å²) in [4.78, 5) is 15.2. The zero-order valence-corrected chi connectivity index (χ0v) is 16.8. The molecule has 0 spiro atoms. The van der Waals surface area contributed by atoms with Gasteiger partial charge in [0.1, 0.15) is 0 Å². The molecule has 1 fully saturated rings. The molecule has 0 saturated carbocycles. The van der Waals surface area contributed by atoms with Crippen molar-refractivity contribution < 1.29 is 13.2 Å². The predicted octanol–water partition coefficient (Wildman–Crippen LogP) is 3.44. The normalized spacial score (nSPS) is 14.6. The number of anilines is 2. The van der Waals surface area contributed by atoms with Crippen molar-refractivity contribution in [2.45, 2.75) is 17.7 Å². The van der Waals surface area contributed by atoms with Gasteiger partial charge in [0.25, 0.3) is 5.91 Å². The number of amides is 1. The van der Waals surface area contributed by atoms with E-state index in [1.165, 1.54) is 20.2 Å². The Kier molecular flexibility index (Phi) is 5.74. The number of hydrogen-bond acceptors (Lipinski definition) is 4. The van der Waals surface area contributed by atoms with Gasteiger partial charge >= 0.3 is 0 Å². The molecule has 6 nitrogen and oxygen atoms in total. The lowest BCUT2D eigenvalue weighted by Gasteiger charge is -2.22. The van der Waals surface area contributed by atoms with Crippen molar-refractivity contribution in [2.24, 2.45) is 0 Å². The van der Waals surface area contributed by atoms with Gasteiger partial charge in [-0.05, 0) is 49.2 Å². The van der Waals surface area contributed by atoms with Gasteiger partial charge in [0, 0.05) is 43.6 Å². The van der Waals surface area contributed by atoms with E-state index in [0.29, 0.717) is 16.3 Å². The Morgan fingerprint density at radius 3 is 2.44 bits per heavy atom. The van der Waals surface area contributed by atoms with Crippen LogP contribution in [0, 0.1) is 0 Å². The highest BCUT2D eigenvalue weighted by molar-refractivity contribution is 7.89. The molecule has 1 heterocycles. The van der Waals surface area contributed by atoms with Gasteiger partial charge in [0.15, 0.2) is 0 Å². The number of halogens is 1. The monoisotopic (exact) mass is 407 g/mol. The summed E-state index contributed by atoms with van der Waals surface area (Å²) in [6.45, 7) is 1.69. The lowest BCUT2D eigenvalue weighted by atomic mass is 10.1. The Bertz CT molecular complexity index is 954. The average molecular weight is 408 g/mol. The number of benzene rings is 2. The highest BCUT2D eigenvalue weighted by atomic mass is 35.5. The third-order valence-electron chi connectivity index (χ3n) is 4.52. The molecule has 0 atom stereocenters. The highest BCUT2D eigenvalue weighted by Crippen LogP contribution is 2.29. The maximum Gasteiger partial charge on any atom is 0.257 e. The fourth-order valence-electron chi connectivity index (χ4n) is 3.07. The average Bonchev–Trinajstić information content (AvgIpc) is 3.15. The summed E-state index contributed by atoms with van der Waals surface area (Å²) >= 11 is 5.98. The van der Waals surface area contributed by atoms with Gasteiger partial charge in [-0.15, -0.1) is 0 Å². The minimum absolute atomic E-state index is 0.0895. The van der Waals surface area contributed by atoms with Crippen LogP contribution >= 0.6 is 11.6 Å². The molecule has 0 unspecified atom stereocenters. The lowest BCUT2D eigenvalue weighted by Crippen LogP contribution is -2.25. The van der Waals surface area contributed by atoms with E-state index in [9.17, 15) is 13.2 Å². The number of carbonyl (C=O) groups excluding carboxylic acids is 1. The van der Waals surface area contributed by atoms with Crippen molar-refractivity contribution in [1.82, 2.24) is 4.31 Å². The summed E-state index contributed by atoms with van der Waals surface area (Å²) in [5.74, 6) is -0.366. The van der Waals surface area contributed by atoms with E-state index < -0.39 is 10.0 Å². The molecule has 1 aliphatic rings. The maximum absolute atomic E-state index is 13.0. The highest BCUT2D eigenvalue weighted by Gasteiger charge is 2.24. The van der Waals surface area contributed by atoms with Gasteiger partial charge < -0.3 is 10.2 Å². The minimum atomic E-state index is -3.64. The fourth-order valence-corrected chi connectivity index (χ4v) is 4.19. The van der Waals surface area contributed by atoms with E-state index in [2.05, 4.69) is 10.2 Å². The number of rotatable bonds is 5. The molecule has 0 radical (unpaired) electrons. The molecule has 0 aromatic heterocycles. The molecular formula is C19H22ClN3O3S. The fraction of sp³-hybridized carbons (Fsp3) is 0.316. The van der Waals surface area contributed by atoms with Crippen LogP contribution in [0.4, 0.5) is 11.4 Å². The molecule has 3 rings (SSSR count). The van der Waals surface area contributed by atoms with Crippen LogP contribution < -0.4 is 10.2 Å². The van der Waals surface area contributed by atoms with Crippen molar-refractivity contribution in [2.75, 3.05) is 37.4 Å². The summed E-state index contributed by atoms with van der Waals surface area (Å²) < 4.78 is 26.1. The van der Waals surface area contributed by atoms with Crippen molar-refractivity contribution >= 4 is 38.9 Å². The summed E-state index contributed by atoms with van der Waals surface area (Å²) in [5.41, 5.74) is 1.63. The standard InChI is InChI=1S/C19H22ClN3O3S/c1-22(2)27(25,26)16-8-9-18(23-10-3-4-11-23)17(13-16)19(24)21-15-7-5-6-14(20)12-15/h5-9,12-13H,3-4,10-11H2,1-2H3,(H,21,24). The number of nitrogens with zero attached hydrogens (tertiary/aromatic N) is 2. The Hall–Kier alpha value is -2.09. The zero-order chi connectivity index (χ0) is 19.6. The van der Waals surface area contributed by atoms with Gasteiger partial charge in [-0.2, -0.15) is 0 Å². The zero-order valence-electron chi connectivity index (χ0n) is 15.3. The van der Waals surface area contributed by atoms with Crippen LogP contribution in [0.15, 0.2) is 47.4 Å². The maximum atomic E-state index is 13.0. The second-order valence-electron chi connectivity index (χ2n) is 6.63. The topological polar surface area (TPSA) is 69.7 Å². The van der Waals surface area contributed by atoms with E-state index in [1.807, 2.05) is 0 Å². The van der Waals surface area contributed by atoms with Gasteiger partial charge in [0.2, 0.25) is 10.0 Å². The van der Waals surface area contributed by atoms with Gasteiger partial charge in [0.05, 0.1) is 10.5 Å². The predicted molar refractivity (Wildman–Crippen MR) is 108 cm³/mol. The van der Waals surface area contributed by atoms with E-state index in [0.717, 1.165) is 35.9 Å². The molecular weight excluding hydrogens is 386 g/mol. The number of nitrogens with one attached hydrogen (secondary N) is 1. The molecule has 1 amide bonds. The summed E-state index contributed by atoms with van der Waals surface area (Å²) in [6.07, 6.45) is 2.10. The van der Waals surface area contributed by atoms with Crippen LogP contribution in [0.2, 0.25) is 5.02 Å². The quantitative estimate of drug-likeness (QED) is 0.824. The largest absolute Gasteiger partial charge is 0.371 e. The number of hydrogen-bond donors (Lipinski definition) is 1. The van der Waals surface area contributed by atoms with Crippen LogP contribution in [-0.2, 0) is 10.0 Å².